The number of aryl methyl sites for hydroxylation is 1. The van der Waals surface area contributed by atoms with Gasteiger partial charge in [-0.15, -0.1) is 0 Å². The van der Waals surface area contributed by atoms with Crippen molar-refractivity contribution in [3.8, 4) is 6.07 Å². The highest BCUT2D eigenvalue weighted by Gasteiger charge is 2.09. The summed E-state index contributed by atoms with van der Waals surface area (Å²) in [5.74, 6) is 2.40. The summed E-state index contributed by atoms with van der Waals surface area (Å²) in [4.78, 5) is 8.94. The fraction of sp³-hybridized carbons (Fsp3) is 0.267. The second kappa shape index (κ2) is 6.02. The Hall–Kier alpha value is -2.61. The summed E-state index contributed by atoms with van der Waals surface area (Å²) in [6.07, 6.45) is 0.775. The average Bonchev–Trinajstić information content (AvgIpc) is 2.50. The molecule has 0 radical (unpaired) electrons. The number of nitrogens with one attached hydrogen (secondary N) is 2. The molecule has 2 aromatic rings. The van der Waals surface area contributed by atoms with E-state index in [9.17, 15) is 0 Å². The molecule has 0 aliphatic rings. The summed E-state index contributed by atoms with van der Waals surface area (Å²) in [7, 11) is 1.85. The van der Waals surface area contributed by atoms with E-state index in [0.29, 0.717) is 5.56 Å². The van der Waals surface area contributed by atoms with Crippen LogP contribution in [0.2, 0.25) is 0 Å². The molecule has 2 rings (SSSR count). The zero-order valence-corrected chi connectivity index (χ0v) is 11.9. The fourth-order valence-corrected chi connectivity index (χ4v) is 1.85. The van der Waals surface area contributed by atoms with E-state index in [-0.39, 0.29) is 0 Å². The van der Waals surface area contributed by atoms with Crippen molar-refractivity contribution in [3.05, 3.63) is 41.2 Å². The molecule has 20 heavy (non-hydrogen) atoms. The molecule has 0 unspecified atom stereocenters. The van der Waals surface area contributed by atoms with Crippen LogP contribution >= 0.6 is 0 Å². The van der Waals surface area contributed by atoms with Gasteiger partial charge < -0.3 is 10.6 Å². The highest BCUT2D eigenvalue weighted by atomic mass is 15.1. The monoisotopic (exact) mass is 267 g/mol. The number of rotatable bonds is 4. The summed E-state index contributed by atoms with van der Waals surface area (Å²) in [6, 6.07) is 9.39. The number of anilines is 3. The van der Waals surface area contributed by atoms with Crippen molar-refractivity contribution in [3.63, 3.8) is 0 Å². The van der Waals surface area contributed by atoms with E-state index in [1.807, 2.05) is 33.0 Å². The molecule has 0 fully saturated rings. The first-order valence-corrected chi connectivity index (χ1v) is 6.50. The van der Waals surface area contributed by atoms with Crippen molar-refractivity contribution in [2.75, 3.05) is 17.7 Å². The Kier molecular flexibility index (Phi) is 4.16. The fourth-order valence-electron chi connectivity index (χ4n) is 1.85. The van der Waals surface area contributed by atoms with Gasteiger partial charge in [0.05, 0.1) is 11.6 Å². The van der Waals surface area contributed by atoms with Gasteiger partial charge in [-0.2, -0.15) is 5.26 Å². The van der Waals surface area contributed by atoms with Crippen LogP contribution in [0.3, 0.4) is 0 Å². The number of aromatic nitrogens is 2. The summed E-state index contributed by atoms with van der Waals surface area (Å²) in [6.45, 7) is 3.99. The smallest absolute Gasteiger partial charge is 0.139 e. The lowest BCUT2D eigenvalue weighted by Gasteiger charge is -2.13. The van der Waals surface area contributed by atoms with Gasteiger partial charge in [0.15, 0.2) is 0 Å². The number of hydrogen-bond donors (Lipinski definition) is 2. The van der Waals surface area contributed by atoms with E-state index in [4.69, 9.17) is 5.26 Å². The average molecular weight is 267 g/mol. The maximum atomic E-state index is 8.80. The standard InChI is InChI=1S/C15H17N5/c1-4-13-19-14(17-3)10(2)15(20-13)18-12-7-5-11(9-16)6-8-12/h5-8H,4H2,1-3H3,(H2,17,18,19,20). The molecule has 5 nitrogen and oxygen atoms in total. The van der Waals surface area contributed by atoms with Crippen LogP contribution < -0.4 is 10.6 Å². The van der Waals surface area contributed by atoms with Crippen LogP contribution in [0.5, 0.6) is 0 Å². The molecule has 1 heterocycles. The Bertz CT molecular complexity index is 641. The number of benzene rings is 1. The Morgan fingerprint density at radius 1 is 1.15 bits per heavy atom. The van der Waals surface area contributed by atoms with Gasteiger partial charge in [0, 0.05) is 24.7 Å². The van der Waals surface area contributed by atoms with Gasteiger partial charge in [0.1, 0.15) is 17.5 Å². The predicted molar refractivity (Wildman–Crippen MR) is 80.1 cm³/mol. The Morgan fingerprint density at radius 2 is 1.80 bits per heavy atom. The van der Waals surface area contributed by atoms with Crippen molar-refractivity contribution in [2.24, 2.45) is 0 Å². The Morgan fingerprint density at radius 3 is 2.35 bits per heavy atom. The number of nitrogens with zero attached hydrogens (tertiary/aromatic N) is 3. The first-order valence-electron chi connectivity index (χ1n) is 6.50. The van der Waals surface area contributed by atoms with E-state index in [1.165, 1.54) is 0 Å². The lowest BCUT2D eigenvalue weighted by atomic mass is 10.2. The second-order valence-electron chi connectivity index (χ2n) is 4.38. The third-order valence-corrected chi connectivity index (χ3v) is 3.02. The van der Waals surface area contributed by atoms with Crippen LogP contribution in [-0.2, 0) is 6.42 Å². The summed E-state index contributed by atoms with van der Waals surface area (Å²) in [5.41, 5.74) is 2.50. The lowest BCUT2D eigenvalue weighted by Crippen LogP contribution is -2.06. The van der Waals surface area contributed by atoms with Crippen molar-refractivity contribution < 1.29 is 0 Å². The zero-order chi connectivity index (χ0) is 14.5. The molecule has 5 heteroatoms. The lowest BCUT2D eigenvalue weighted by molar-refractivity contribution is 0.935. The molecule has 0 saturated carbocycles. The second-order valence-corrected chi connectivity index (χ2v) is 4.38. The minimum absolute atomic E-state index is 0.639. The quantitative estimate of drug-likeness (QED) is 0.890. The van der Waals surface area contributed by atoms with Gasteiger partial charge in [-0.1, -0.05) is 6.92 Å². The third-order valence-electron chi connectivity index (χ3n) is 3.02. The van der Waals surface area contributed by atoms with Crippen molar-refractivity contribution in [1.82, 2.24) is 9.97 Å². The van der Waals surface area contributed by atoms with E-state index in [0.717, 1.165) is 35.1 Å². The molecular formula is C15H17N5. The summed E-state index contributed by atoms with van der Waals surface area (Å²) < 4.78 is 0. The SMILES string of the molecule is CCc1nc(NC)c(C)c(Nc2ccc(C#N)cc2)n1. The maximum Gasteiger partial charge on any atom is 0.139 e. The van der Waals surface area contributed by atoms with E-state index in [2.05, 4.69) is 26.7 Å². The molecule has 2 N–H and O–H groups in total. The maximum absolute atomic E-state index is 8.80. The molecule has 0 aliphatic carbocycles. The Balaban J connectivity index is 2.34. The number of hydrogen-bond acceptors (Lipinski definition) is 5. The van der Waals surface area contributed by atoms with Gasteiger partial charge in [-0.05, 0) is 31.2 Å². The highest BCUT2D eigenvalue weighted by molar-refractivity contribution is 5.65. The van der Waals surface area contributed by atoms with Gasteiger partial charge in [0.2, 0.25) is 0 Å². The zero-order valence-electron chi connectivity index (χ0n) is 11.9. The van der Waals surface area contributed by atoms with Crippen molar-refractivity contribution in [2.45, 2.75) is 20.3 Å². The molecular weight excluding hydrogens is 250 g/mol. The van der Waals surface area contributed by atoms with Crippen molar-refractivity contribution >= 4 is 17.3 Å². The molecule has 0 aliphatic heterocycles. The van der Waals surface area contributed by atoms with Gasteiger partial charge in [0.25, 0.3) is 0 Å². The van der Waals surface area contributed by atoms with Crippen LogP contribution in [0, 0.1) is 18.3 Å². The topological polar surface area (TPSA) is 73.6 Å². The highest BCUT2D eigenvalue weighted by Crippen LogP contribution is 2.23. The van der Waals surface area contributed by atoms with Crippen LogP contribution in [0.15, 0.2) is 24.3 Å². The van der Waals surface area contributed by atoms with Crippen molar-refractivity contribution in [1.29, 1.82) is 5.26 Å². The van der Waals surface area contributed by atoms with Crippen LogP contribution in [0.1, 0.15) is 23.9 Å². The van der Waals surface area contributed by atoms with Crippen LogP contribution in [-0.4, -0.2) is 17.0 Å². The molecule has 102 valence electrons. The number of nitriles is 1. The largest absolute Gasteiger partial charge is 0.373 e. The van der Waals surface area contributed by atoms with Crippen LogP contribution in [0.25, 0.3) is 0 Å². The minimum atomic E-state index is 0.639. The molecule has 0 atom stereocenters. The molecule has 0 amide bonds. The van der Waals surface area contributed by atoms with E-state index in [1.54, 1.807) is 12.1 Å². The molecule has 0 bridgehead atoms. The van der Waals surface area contributed by atoms with E-state index < -0.39 is 0 Å². The summed E-state index contributed by atoms with van der Waals surface area (Å²) >= 11 is 0. The molecule has 1 aromatic carbocycles. The predicted octanol–water partition coefficient (Wildman–Crippen LogP) is 3.00. The normalized spacial score (nSPS) is 9.90. The van der Waals surface area contributed by atoms with Gasteiger partial charge in [-0.25, -0.2) is 9.97 Å². The first kappa shape index (κ1) is 13.8. The van der Waals surface area contributed by atoms with E-state index >= 15 is 0 Å². The van der Waals surface area contributed by atoms with Gasteiger partial charge in [-0.3, -0.25) is 0 Å². The first-order chi connectivity index (χ1) is 9.67. The molecule has 0 saturated heterocycles. The van der Waals surface area contributed by atoms with Crippen LogP contribution in [0.4, 0.5) is 17.3 Å². The molecule has 1 aromatic heterocycles. The van der Waals surface area contributed by atoms with Gasteiger partial charge >= 0.3 is 0 Å². The minimum Gasteiger partial charge on any atom is -0.373 e. The summed E-state index contributed by atoms with van der Waals surface area (Å²) in [5, 5.41) is 15.2. The molecule has 0 spiro atoms. The Labute approximate surface area is 118 Å². The third kappa shape index (κ3) is 2.86.